The first-order chi connectivity index (χ1) is 7.81. The molecule has 1 aliphatic rings. The van der Waals surface area contributed by atoms with Crippen molar-refractivity contribution in [1.29, 1.82) is 0 Å². The van der Waals surface area contributed by atoms with E-state index in [4.69, 9.17) is 4.74 Å². The number of fused-ring (bicyclic) bond motifs is 3. The summed E-state index contributed by atoms with van der Waals surface area (Å²) in [5.74, 6) is 0.937. The predicted octanol–water partition coefficient (Wildman–Crippen LogP) is 1.83. The Labute approximate surface area is 95.0 Å². The molecule has 2 aromatic rings. The van der Waals surface area contributed by atoms with Crippen molar-refractivity contribution in [3.8, 4) is 5.75 Å². The number of aromatic nitrogens is 1. The average Bonchev–Trinajstić information content (AvgIpc) is 2.64. The zero-order valence-electron chi connectivity index (χ0n) is 9.71. The highest BCUT2D eigenvalue weighted by Gasteiger charge is 2.17. The molecule has 1 aromatic heterocycles. The Balaban J connectivity index is 2.31. The maximum absolute atomic E-state index is 5.29. The van der Waals surface area contributed by atoms with E-state index in [1.807, 2.05) is 6.07 Å². The lowest BCUT2D eigenvalue weighted by Gasteiger charge is -2.14. The Morgan fingerprint density at radius 3 is 3.06 bits per heavy atom. The first-order valence-corrected chi connectivity index (χ1v) is 5.66. The molecule has 16 heavy (non-hydrogen) atoms. The van der Waals surface area contributed by atoms with Crippen molar-refractivity contribution in [2.45, 2.75) is 13.0 Å². The fraction of sp³-hybridized carbons (Fsp3) is 0.385. The van der Waals surface area contributed by atoms with Gasteiger partial charge in [0.15, 0.2) is 0 Å². The van der Waals surface area contributed by atoms with Gasteiger partial charge in [0.25, 0.3) is 0 Å². The molecule has 0 amide bonds. The van der Waals surface area contributed by atoms with Gasteiger partial charge in [-0.2, -0.15) is 0 Å². The molecule has 0 atom stereocenters. The molecule has 0 saturated heterocycles. The van der Waals surface area contributed by atoms with Crippen LogP contribution in [0, 0.1) is 0 Å². The summed E-state index contributed by atoms with van der Waals surface area (Å²) in [4.78, 5) is 0. The van der Waals surface area contributed by atoms with Crippen LogP contribution in [0.5, 0.6) is 5.75 Å². The second-order valence-electron chi connectivity index (χ2n) is 4.29. The summed E-state index contributed by atoms with van der Waals surface area (Å²) in [6, 6.07) is 6.31. The molecular formula is C13H16N2O. The number of nitrogens with zero attached hydrogens (tertiary/aromatic N) is 1. The van der Waals surface area contributed by atoms with Gasteiger partial charge in [0, 0.05) is 43.2 Å². The molecule has 3 heteroatoms. The summed E-state index contributed by atoms with van der Waals surface area (Å²) in [7, 11) is 3.87. The van der Waals surface area contributed by atoms with Crippen LogP contribution in [0.15, 0.2) is 18.2 Å². The first-order valence-electron chi connectivity index (χ1n) is 5.66. The average molecular weight is 216 g/mol. The van der Waals surface area contributed by atoms with E-state index in [1.165, 1.54) is 22.2 Å². The predicted molar refractivity (Wildman–Crippen MR) is 64.9 cm³/mol. The number of hydrogen-bond donors (Lipinski definition) is 1. The van der Waals surface area contributed by atoms with Crippen LogP contribution >= 0.6 is 0 Å². The van der Waals surface area contributed by atoms with Gasteiger partial charge in [-0.15, -0.1) is 0 Å². The third kappa shape index (κ3) is 1.25. The quantitative estimate of drug-likeness (QED) is 0.787. The highest BCUT2D eigenvalue weighted by Crippen LogP contribution is 2.30. The molecule has 0 unspecified atom stereocenters. The molecular weight excluding hydrogens is 200 g/mol. The van der Waals surface area contributed by atoms with Crippen molar-refractivity contribution in [3.63, 3.8) is 0 Å². The smallest absolute Gasteiger partial charge is 0.119 e. The van der Waals surface area contributed by atoms with E-state index in [9.17, 15) is 0 Å². The number of aryl methyl sites for hydroxylation is 1. The molecule has 0 spiro atoms. The summed E-state index contributed by atoms with van der Waals surface area (Å²) in [6.07, 6.45) is 1.11. The third-order valence-electron chi connectivity index (χ3n) is 3.48. The summed E-state index contributed by atoms with van der Waals surface area (Å²) < 4.78 is 7.60. The van der Waals surface area contributed by atoms with Gasteiger partial charge >= 0.3 is 0 Å². The second kappa shape index (κ2) is 3.52. The van der Waals surface area contributed by atoms with E-state index in [0.717, 1.165) is 25.3 Å². The highest BCUT2D eigenvalue weighted by molar-refractivity contribution is 5.87. The van der Waals surface area contributed by atoms with Crippen molar-refractivity contribution in [2.24, 2.45) is 7.05 Å². The molecule has 2 heterocycles. The summed E-state index contributed by atoms with van der Waals surface area (Å²) in [6.45, 7) is 2.05. The van der Waals surface area contributed by atoms with Gasteiger partial charge < -0.3 is 14.6 Å². The first kappa shape index (κ1) is 9.73. The third-order valence-corrected chi connectivity index (χ3v) is 3.48. The van der Waals surface area contributed by atoms with Crippen LogP contribution < -0.4 is 10.1 Å². The molecule has 1 aromatic carbocycles. The minimum absolute atomic E-state index is 0.937. The zero-order valence-corrected chi connectivity index (χ0v) is 9.71. The molecule has 1 aliphatic heterocycles. The SMILES string of the molecule is COc1ccc2c(c1)c1c(n2C)CCNC1. The Morgan fingerprint density at radius 2 is 2.25 bits per heavy atom. The molecule has 0 aliphatic carbocycles. The maximum Gasteiger partial charge on any atom is 0.119 e. The van der Waals surface area contributed by atoms with Gasteiger partial charge in [0.2, 0.25) is 0 Å². The maximum atomic E-state index is 5.29. The monoisotopic (exact) mass is 216 g/mol. The van der Waals surface area contributed by atoms with Crippen LogP contribution in [0.3, 0.4) is 0 Å². The topological polar surface area (TPSA) is 26.2 Å². The second-order valence-corrected chi connectivity index (χ2v) is 4.29. The number of rotatable bonds is 1. The minimum atomic E-state index is 0.937. The Hall–Kier alpha value is -1.48. The van der Waals surface area contributed by atoms with Crippen LogP contribution in [-0.2, 0) is 20.0 Å². The van der Waals surface area contributed by atoms with Gasteiger partial charge in [-0.05, 0) is 23.8 Å². The van der Waals surface area contributed by atoms with E-state index >= 15 is 0 Å². The Morgan fingerprint density at radius 1 is 1.38 bits per heavy atom. The van der Waals surface area contributed by atoms with Crippen LogP contribution in [0.2, 0.25) is 0 Å². The summed E-state index contributed by atoms with van der Waals surface area (Å²) >= 11 is 0. The zero-order chi connectivity index (χ0) is 11.1. The van der Waals surface area contributed by atoms with E-state index in [0.29, 0.717) is 0 Å². The van der Waals surface area contributed by atoms with Crippen LogP contribution in [-0.4, -0.2) is 18.2 Å². The Kier molecular flexibility index (Phi) is 2.14. The van der Waals surface area contributed by atoms with Gasteiger partial charge in [-0.3, -0.25) is 0 Å². The minimum Gasteiger partial charge on any atom is -0.497 e. The molecule has 3 rings (SSSR count). The molecule has 0 bridgehead atoms. The van der Waals surface area contributed by atoms with Crippen LogP contribution in [0.1, 0.15) is 11.3 Å². The molecule has 0 radical (unpaired) electrons. The fourth-order valence-electron chi connectivity index (χ4n) is 2.62. The van der Waals surface area contributed by atoms with Gasteiger partial charge in [-0.1, -0.05) is 0 Å². The number of methoxy groups -OCH3 is 1. The van der Waals surface area contributed by atoms with E-state index in [1.54, 1.807) is 7.11 Å². The van der Waals surface area contributed by atoms with E-state index in [-0.39, 0.29) is 0 Å². The van der Waals surface area contributed by atoms with Gasteiger partial charge in [0.05, 0.1) is 7.11 Å². The van der Waals surface area contributed by atoms with E-state index < -0.39 is 0 Å². The lowest BCUT2D eigenvalue weighted by molar-refractivity contribution is 0.415. The Bertz CT molecular complexity index is 542. The molecule has 0 saturated carbocycles. The number of hydrogen-bond acceptors (Lipinski definition) is 2. The number of nitrogens with one attached hydrogen (secondary N) is 1. The standard InChI is InChI=1S/C13H16N2O/c1-15-12-4-3-9(16-2)7-10(12)11-8-14-6-5-13(11)15/h3-4,7,14H,5-6,8H2,1-2H3. The van der Waals surface area contributed by atoms with Gasteiger partial charge in [-0.25, -0.2) is 0 Å². The van der Waals surface area contributed by atoms with Crippen molar-refractivity contribution in [1.82, 2.24) is 9.88 Å². The molecule has 84 valence electrons. The normalized spacial score (nSPS) is 15.1. The van der Waals surface area contributed by atoms with Crippen molar-refractivity contribution in [2.75, 3.05) is 13.7 Å². The van der Waals surface area contributed by atoms with Gasteiger partial charge in [0.1, 0.15) is 5.75 Å². The van der Waals surface area contributed by atoms with Crippen molar-refractivity contribution < 1.29 is 4.74 Å². The number of benzene rings is 1. The van der Waals surface area contributed by atoms with Crippen LogP contribution in [0.4, 0.5) is 0 Å². The van der Waals surface area contributed by atoms with Crippen molar-refractivity contribution >= 4 is 10.9 Å². The number of ether oxygens (including phenoxy) is 1. The summed E-state index contributed by atoms with van der Waals surface area (Å²) in [5.41, 5.74) is 4.19. The molecule has 1 N–H and O–H groups in total. The van der Waals surface area contributed by atoms with Crippen LogP contribution in [0.25, 0.3) is 10.9 Å². The molecule has 3 nitrogen and oxygen atoms in total. The largest absolute Gasteiger partial charge is 0.497 e. The summed E-state index contributed by atoms with van der Waals surface area (Å²) in [5, 5.41) is 4.75. The highest BCUT2D eigenvalue weighted by atomic mass is 16.5. The lowest BCUT2D eigenvalue weighted by Crippen LogP contribution is -2.24. The fourth-order valence-corrected chi connectivity index (χ4v) is 2.62. The van der Waals surface area contributed by atoms with Crippen molar-refractivity contribution in [3.05, 3.63) is 29.5 Å². The molecule has 0 fully saturated rings. The van der Waals surface area contributed by atoms with E-state index in [2.05, 4.69) is 29.1 Å². The lowest BCUT2D eigenvalue weighted by atomic mass is 10.1.